The molecule has 0 aliphatic carbocycles. The Kier molecular flexibility index (Phi) is 2.75. The monoisotopic (exact) mass is 192 g/mol. The molecule has 4 nitrogen and oxygen atoms in total. The average molecular weight is 192 g/mol. The van der Waals surface area contributed by atoms with Crippen LogP contribution in [0, 0.1) is 5.92 Å². The second kappa shape index (κ2) is 3.32. The first kappa shape index (κ1) is 9.95. The van der Waals surface area contributed by atoms with Crippen molar-refractivity contribution in [3.05, 3.63) is 0 Å². The first-order valence-corrected chi connectivity index (χ1v) is 5.85. The van der Waals surface area contributed by atoms with Crippen LogP contribution in [0.2, 0.25) is 0 Å². The molecule has 1 heterocycles. The van der Waals surface area contributed by atoms with Gasteiger partial charge in [-0.2, -0.15) is 0 Å². The van der Waals surface area contributed by atoms with Gasteiger partial charge in [-0.05, 0) is 20.6 Å². The van der Waals surface area contributed by atoms with Gasteiger partial charge >= 0.3 is 0 Å². The quantitative estimate of drug-likeness (QED) is 0.604. The average Bonchev–Trinajstić information content (AvgIpc) is 2.25. The Balaban J connectivity index is 2.76. The molecule has 72 valence electrons. The largest absolute Gasteiger partial charge is 0.330 e. The van der Waals surface area contributed by atoms with Crippen molar-refractivity contribution in [3.63, 3.8) is 0 Å². The summed E-state index contributed by atoms with van der Waals surface area (Å²) < 4.78 is 22.5. The van der Waals surface area contributed by atoms with Crippen LogP contribution in [0.3, 0.4) is 0 Å². The van der Waals surface area contributed by atoms with Crippen LogP contribution in [0.1, 0.15) is 0 Å². The molecule has 2 N–H and O–H groups in total. The normalized spacial score (nSPS) is 34.3. The highest BCUT2D eigenvalue weighted by molar-refractivity contribution is 7.91. The summed E-state index contributed by atoms with van der Waals surface area (Å²) in [6.45, 7) is 0.460. The van der Waals surface area contributed by atoms with Crippen molar-refractivity contribution < 1.29 is 8.42 Å². The van der Waals surface area contributed by atoms with Crippen LogP contribution in [0.15, 0.2) is 0 Å². The Morgan fingerprint density at radius 1 is 1.42 bits per heavy atom. The number of nitrogens with zero attached hydrogens (tertiary/aromatic N) is 1. The fourth-order valence-electron chi connectivity index (χ4n) is 1.70. The number of hydrogen-bond donors (Lipinski definition) is 1. The summed E-state index contributed by atoms with van der Waals surface area (Å²) in [7, 11) is 0.971. The second-order valence-electron chi connectivity index (χ2n) is 3.60. The highest BCUT2D eigenvalue weighted by Crippen LogP contribution is 2.21. The topological polar surface area (TPSA) is 63.4 Å². The van der Waals surface area contributed by atoms with Crippen molar-refractivity contribution in [1.29, 1.82) is 0 Å². The maximum Gasteiger partial charge on any atom is 0.152 e. The molecule has 0 spiro atoms. The van der Waals surface area contributed by atoms with Gasteiger partial charge in [-0.15, -0.1) is 0 Å². The smallest absolute Gasteiger partial charge is 0.152 e. The van der Waals surface area contributed by atoms with E-state index in [9.17, 15) is 8.42 Å². The number of sulfone groups is 1. The van der Waals surface area contributed by atoms with Crippen molar-refractivity contribution in [1.82, 2.24) is 4.90 Å². The third kappa shape index (κ3) is 1.97. The Morgan fingerprint density at radius 3 is 2.33 bits per heavy atom. The van der Waals surface area contributed by atoms with Crippen LogP contribution in [0.5, 0.6) is 0 Å². The molecule has 5 heteroatoms. The lowest BCUT2D eigenvalue weighted by molar-refractivity contribution is 0.260. The first-order valence-electron chi connectivity index (χ1n) is 4.03. The molecule has 1 saturated heterocycles. The molecule has 1 rings (SSSR count). The summed E-state index contributed by atoms with van der Waals surface area (Å²) in [5.41, 5.74) is 5.49. The summed E-state index contributed by atoms with van der Waals surface area (Å²) >= 11 is 0. The molecule has 0 radical (unpaired) electrons. The van der Waals surface area contributed by atoms with Gasteiger partial charge in [0.15, 0.2) is 9.84 Å². The van der Waals surface area contributed by atoms with E-state index in [1.165, 1.54) is 0 Å². The lowest BCUT2D eigenvalue weighted by atomic mass is 10.0. The van der Waals surface area contributed by atoms with Crippen molar-refractivity contribution in [2.24, 2.45) is 11.7 Å². The Morgan fingerprint density at radius 2 is 2.00 bits per heavy atom. The standard InChI is InChI=1S/C7H16N2O2S/c1-9(2)7-5-12(10,11)4-6(7)3-8/h6-7H,3-5,8H2,1-2H3/t6-,7-/m1/s1. The van der Waals surface area contributed by atoms with Crippen LogP contribution in [-0.4, -0.2) is 51.5 Å². The Labute approximate surface area is 73.6 Å². The van der Waals surface area contributed by atoms with Gasteiger partial charge in [0.2, 0.25) is 0 Å². The van der Waals surface area contributed by atoms with Crippen molar-refractivity contribution in [3.8, 4) is 0 Å². The van der Waals surface area contributed by atoms with E-state index in [0.717, 1.165) is 0 Å². The molecule has 2 atom stereocenters. The summed E-state index contributed by atoms with van der Waals surface area (Å²) in [6.07, 6.45) is 0. The summed E-state index contributed by atoms with van der Waals surface area (Å²) in [5, 5.41) is 0. The fourth-order valence-corrected chi connectivity index (χ4v) is 3.93. The van der Waals surface area contributed by atoms with Gasteiger partial charge in [0.1, 0.15) is 0 Å². The SMILES string of the molecule is CN(C)[C@@H]1CS(=O)(=O)C[C@H]1CN. The van der Waals surface area contributed by atoms with Gasteiger partial charge in [-0.1, -0.05) is 0 Å². The van der Waals surface area contributed by atoms with Gasteiger partial charge in [0, 0.05) is 12.0 Å². The highest BCUT2D eigenvalue weighted by Gasteiger charge is 2.37. The minimum atomic E-state index is -2.82. The molecule has 0 aromatic rings. The van der Waals surface area contributed by atoms with E-state index in [1.807, 2.05) is 19.0 Å². The van der Waals surface area contributed by atoms with Crippen molar-refractivity contribution >= 4 is 9.84 Å². The maximum atomic E-state index is 11.2. The van der Waals surface area contributed by atoms with Crippen LogP contribution < -0.4 is 5.73 Å². The van der Waals surface area contributed by atoms with Gasteiger partial charge in [0.05, 0.1) is 11.5 Å². The van der Waals surface area contributed by atoms with Gasteiger partial charge in [-0.3, -0.25) is 0 Å². The summed E-state index contributed by atoms with van der Waals surface area (Å²) in [6, 6.07) is 0.111. The van der Waals surface area contributed by atoms with E-state index in [4.69, 9.17) is 5.73 Å². The molecule has 0 aromatic heterocycles. The maximum absolute atomic E-state index is 11.2. The number of rotatable bonds is 2. The van der Waals surface area contributed by atoms with Crippen LogP contribution in [-0.2, 0) is 9.84 Å². The Hall–Kier alpha value is -0.130. The molecule has 0 bridgehead atoms. The van der Waals surface area contributed by atoms with Gasteiger partial charge in [0.25, 0.3) is 0 Å². The lowest BCUT2D eigenvalue weighted by Crippen LogP contribution is -2.37. The molecule has 1 aliphatic rings. The lowest BCUT2D eigenvalue weighted by Gasteiger charge is -2.23. The zero-order chi connectivity index (χ0) is 9.35. The molecular formula is C7H16N2O2S. The third-order valence-electron chi connectivity index (χ3n) is 2.40. The van der Waals surface area contributed by atoms with E-state index in [1.54, 1.807) is 0 Å². The number of hydrogen-bond acceptors (Lipinski definition) is 4. The number of nitrogens with two attached hydrogens (primary N) is 1. The zero-order valence-electron chi connectivity index (χ0n) is 7.53. The summed E-state index contributed by atoms with van der Waals surface area (Å²) in [5.74, 6) is 0.638. The van der Waals surface area contributed by atoms with Gasteiger partial charge in [-0.25, -0.2) is 8.42 Å². The molecule has 0 aromatic carbocycles. The minimum Gasteiger partial charge on any atom is -0.330 e. The van der Waals surface area contributed by atoms with Crippen LogP contribution in [0.4, 0.5) is 0 Å². The van der Waals surface area contributed by atoms with Crippen LogP contribution in [0.25, 0.3) is 0 Å². The molecule has 12 heavy (non-hydrogen) atoms. The third-order valence-corrected chi connectivity index (χ3v) is 4.19. The predicted molar refractivity (Wildman–Crippen MR) is 48.7 cm³/mol. The highest BCUT2D eigenvalue weighted by atomic mass is 32.2. The molecule has 0 amide bonds. The molecule has 1 aliphatic heterocycles. The predicted octanol–water partition coefficient (Wildman–Crippen LogP) is -1.08. The zero-order valence-corrected chi connectivity index (χ0v) is 8.34. The molecule has 0 saturated carbocycles. The van der Waals surface area contributed by atoms with E-state index >= 15 is 0 Å². The summed E-state index contributed by atoms with van der Waals surface area (Å²) in [4.78, 5) is 1.95. The van der Waals surface area contributed by atoms with Gasteiger partial charge < -0.3 is 10.6 Å². The fraction of sp³-hybridized carbons (Fsp3) is 1.00. The molecular weight excluding hydrogens is 176 g/mol. The molecule has 1 fully saturated rings. The van der Waals surface area contributed by atoms with Crippen molar-refractivity contribution in [2.45, 2.75) is 6.04 Å². The Bertz CT molecular complexity index is 248. The first-order chi connectivity index (χ1) is 5.46. The van der Waals surface area contributed by atoms with E-state index in [2.05, 4.69) is 0 Å². The van der Waals surface area contributed by atoms with Crippen LogP contribution >= 0.6 is 0 Å². The van der Waals surface area contributed by atoms with E-state index < -0.39 is 9.84 Å². The van der Waals surface area contributed by atoms with E-state index in [0.29, 0.717) is 6.54 Å². The second-order valence-corrected chi connectivity index (χ2v) is 5.76. The van der Waals surface area contributed by atoms with E-state index in [-0.39, 0.29) is 23.5 Å². The molecule has 0 unspecified atom stereocenters. The van der Waals surface area contributed by atoms with Crippen molar-refractivity contribution in [2.75, 3.05) is 32.1 Å². The minimum absolute atomic E-state index is 0.111.